The summed E-state index contributed by atoms with van der Waals surface area (Å²) in [5, 5.41) is 3.50. The van der Waals surface area contributed by atoms with E-state index >= 15 is 0 Å². The van der Waals surface area contributed by atoms with Crippen molar-refractivity contribution in [2.24, 2.45) is 0 Å². The average Bonchev–Trinajstić information content (AvgIpc) is 3.05. The third-order valence-electron chi connectivity index (χ3n) is 5.54. The smallest absolute Gasteiger partial charge is 0.272 e. The fraction of sp³-hybridized carbons (Fsp3) is 0.208. The molecule has 4 heterocycles. The van der Waals surface area contributed by atoms with Crippen LogP contribution in [0.3, 0.4) is 0 Å². The Bertz CT molecular complexity index is 1260. The molecule has 1 aromatic carbocycles. The van der Waals surface area contributed by atoms with Crippen LogP contribution < -0.4 is 10.2 Å². The molecule has 0 bridgehead atoms. The molecule has 156 valence electrons. The molecule has 3 aromatic heterocycles. The number of benzene rings is 1. The van der Waals surface area contributed by atoms with Gasteiger partial charge in [-0.05, 0) is 43.2 Å². The normalized spacial score (nSPS) is 13.3. The minimum Gasteiger partial charge on any atom is -0.356 e. The largest absolute Gasteiger partial charge is 0.356 e. The quantitative estimate of drug-likeness (QED) is 0.525. The topological polar surface area (TPSA) is 63.1 Å². The molecule has 5 rings (SSSR count). The van der Waals surface area contributed by atoms with Gasteiger partial charge in [0.15, 0.2) is 0 Å². The lowest BCUT2D eigenvalue weighted by Gasteiger charge is -2.31. The van der Waals surface area contributed by atoms with Crippen molar-refractivity contribution in [1.82, 2.24) is 14.5 Å². The van der Waals surface area contributed by atoms with Crippen molar-refractivity contribution in [2.45, 2.75) is 19.9 Å². The Morgan fingerprint density at radius 2 is 1.97 bits per heavy atom. The highest BCUT2D eigenvalue weighted by atomic mass is 19.1. The van der Waals surface area contributed by atoms with Crippen molar-refractivity contribution in [2.75, 3.05) is 23.3 Å². The lowest BCUT2D eigenvalue weighted by Crippen LogP contribution is -2.37. The summed E-state index contributed by atoms with van der Waals surface area (Å²) in [6, 6.07) is 14.9. The number of hydrogen-bond acceptors (Lipinski definition) is 4. The van der Waals surface area contributed by atoms with Gasteiger partial charge in [-0.15, -0.1) is 0 Å². The van der Waals surface area contributed by atoms with Crippen LogP contribution in [0.1, 0.15) is 28.0 Å². The Labute approximate surface area is 179 Å². The molecule has 0 atom stereocenters. The monoisotopic (exact) mass is 415 g/mol. The highest BCUT2D eigenvalue weighted by molar-refractivity contribution is 6.06. The number of carbonyl (C=O) groups excluding carboxylic acids is 1. The minimum atomic E-state index is -0.432. The molecular weight excluding hydrogens is 393 g/mol. The van der Waals surface area contributed by atoms with Crippen LogP contribution in [0.4, 0.5) is 15.9 Å². The van der Waals surface area contributed by atoms with E-state index in [1.54, 1.807) is 12.3 Å². The van der Waals surface area contributed by atoms with Gasteiger partial charge in [0.2, 0.25) is 0 Å². The van der Waals surface area contributed by atoms with Crippen LogP contribution in [0, 0.1) is 12.7 Å². The fourth-order valence-electron chi connectivity index (χ4n) is 3.85. The Morgan fingerprint density at radius 3 is 2.68 bits per heavy atom. The van der Waals surface area contributed by atoms with Gasteiger partial charge in [-0.1, -0.05) is 29.8 Å². The summed E-state index contributed by atoms with van der Waals surface area (Å²) in [5.74, 6) is 0.194. The van der Waals surface area contributed by atoms with E-state index in [4.69, 9.17) is 0 Å². The van der Waals surface area contributed by atoms with Crippen LogP contribution in [-0.4, -0.2) is 33.5 Å². The molecule has 0 saturated carbocycles. The first kappa shape index (κ1) is 19.2. The van der Waals surface area contributed by atoms with Crippen molar-refractivity contribution >= 4 is 28.4 Å². The Kier molecular flexibility index (Phi) is 4.86. The molecule has 31 heavy (non-hydrogen) atoms. The molecule has 0 aliphatic carbocycles. The second kappa shape index (κ2) is 7.83. The van der Waals surface area contributed by atoms with E-state index in [1.165, 1.54) is 18.7 Å². The van der Waals surface area contributed by atoms with Gasteiger partial charge < -0.3 is 14.8 Å². The summed E-state index contributed by atoms with van der Waals surface area (Å²) in [4.78, 5) is 24.0. The number of amides is 1. The zero-order valence-corrected chi connectivity index (χ0v) is 17.2. The molecule has 1 fully saturated rings. The minimum absolute atomic E-state index is 0.287. The van der Waals surface area contributed by atoms with Gasteiger partial charge in [0.25, 0.3) is 5.91 Å². The van der Waals surface area contributed by atoms with Crippen LogP contribution >= 0.6 is 0 Å². The maximum Gasteiger partial charge on any atom is 0.272 e. The summed E-state index contributed by atoms with van der Waals surface area (Å²) in [6.45, 7) is 4.51. The van der Waals surface area contributed by atoms with Crippen molar-refractivity contribution in [1.29, 1.82) is 0 Å². The highest BCUT2D eigenvalue weighted by Crippen LogP contribution is 2.23. The van der Waals surface area contributed by atoms with Crippen LogP contribution in [0.5, 0.6) is 0 Å². The van der Waals surface area contributed by atoms with Crippen LogP contribution in [0.15, 0.2) is 60.9 Å². The van der Waals surface area contributed by atoms with Gasteiger partial charge in [-0.2, -0.15) is 0 Å². The molecule has 1 saturated heterocycles. The number of nitrogens with one attached hydrogen (secondary N) is 1. The van der Waals surface area contributed by atoms with Gasteiger partial charge in [0.1, 0.15) is 23.0 Å². The number of aryl methyl sites for hydroxylation is 1. The molecular formula is C24H22FN5O. The molecule has 1 aliphatic heterocycles. The highest BCUT2D eigenvalue weighted by Gasteiger charge is 2.19. The average molecular weight is 415 g/mol. The third kappa shape index (κ3) is 3.86. The first-order valence-corrected chi connectivity index (χ1v) is 10.3. The van der Waals surface area contributed by atoms with Gasteiger partial charge in [0.05, 0.1) is 18.1 Å². The third-order valence-corrected chi connectivity index (χ3v) is 5.54. The summed E-state index contributed by atoms with van der Waals surface area (Å²) in [7, 11) is 0. The number of anilines is 2. The van der Waals surface area contributed by atoms with E-state index in [-0.39, 0.29) is 5.91 Å². The number of pyridine rings is 2. The van der Waals surface area contributed by atoms with Crippen LogP contribution in [0.25, 0.3) is 11.0 Å². The number of hydrogen-bond donors (Lipinski definition) is 1. The molecule has 7 heteroatoms. The molecule has 1 N–H and O–H groups in total. The van der Waals surface area contributed by atoms with E-state index in [1.807, 2.05) is 41.8 Å². The second-order valence-electron chi connectivity index (χ2n) is 7.87. The second-order valence-corrected chi connectivity index (χ2v) is 7.87. The van der Waals surface area contributed by atoms with E-state index < -0.39 is 5.82 Å². The Morgan fingerprint density at radius 1 is 1.10 bits per heavy atom. The zero-order valence-electron chi connectivity index (χ0n) is 17.2. The molecule has 4 aromatic rings. The van der Waals surface area contributed by atoms with E-state index in [0.717, 1.165) is 30.0 Å². The molecule has 0 spiro atoms. The SMILES string of the molecule is Cc1cccc(Cn2c(C(=O)Nc3ccc(N4CCC4)nc3)cc3cc(F)cnc32)c1. The number of nitrogens with zero attached hydrogens (tertiary/aromatic N) is 4. The van der Waals surface area contributed by atoms with Gasteiger partial charge in [-0.25, -0.2) is 14.4 Å². The number of aromatic nitrogens is 3. The molecule has 1 amide bonds. The first-order chi connectivity index (χ1) is 15.1. The summed E-state index contributed by atoms with van der Waals surface area (Å²) in [6.07, 6.45) is 4.02. The van der Waals surface area contributed by atoms with E-state index in [0.29, 0.717) is 29.0 Å². The predicted molar refractivity (Wildman–Crippen MR) is 119 cm³/mol. The lowest BCUT2D eigenvalue weighted by atomic mass is 10.1. The maximum absolute atomic E-state index is 13.8. The summed E-state index contributed by atoms with van der Waals surface area (Å²) >= 11 is 0. The molecule has 0 radical (unpaired) electrons. The number of carbonyl (C=O) groups is 1. The van der Waals surface area contributed by atoms with E-state index in [2.05, 4.69) is 26.3 Å². The maximum atomic E-state index is 13.8. The lowest BCUT2D eigenvalue weighted by molar-refractivity contribution is 0.101. The Balaban J connectivity index is 1.46. The number of halogens is 1. The summed E-state index contributed by atoms with van der Waals surface area (Å²) in [5.41, 5.74) is 3.77. The molecule has 6 nitrogen and oxygen atoms in total. The van der Waals surface area contributed by atoms with Gasteiger partial charge in [-0.3, -0.25) is 4.79 Å². The fourth-order valence-corrected chi connectivity index (χ4v) is 3.85. The zero-order chi connectivity index (χ0) is 21.4. The standard InChI is InChI=1S/C24H22FN5O/c1-16-4-2-5-17(10-16)15-30-21(12-18-11-19(25)13-27-23(18)30)24(31)28-20-6-7-22(26-14-20)29-8-3-9-29/h2,4-7,10-14H,3,8-9,15H2,1H3,(H,28,31). The van der Waals surface area contributed by atoms with Gasteiger partial charge in [0, 0.05) is 25.0 Å². The first-order valence-electron chi connectivity index (χ1n) is 10.3. The van der Waals surface area contributed by atoms with Crippen molar-refractivity contribution < 1.29 is 9.18 Å². The van der Waals surface area contributed by atoms with Crippen molar-refractivity contribution in [3.63, 3.8) is 0 Å². The number of fused-ring (bicyclic) bond motifs is 1. The van der Waals surface area contributed by atoms with Gasteiger partial charge >= 0.3 is 0 Å². The number of rotatable bonds is 5. The molecule has 1 aliphatic rings. The van der Waals surface area contributed by atoms with Crippen LogP contribution in [-0.2, 0) is 6.54 Å². The van der Waals surface area contributed by atoms with E-state index in [9.17, 15) is 9.18 Å². The predicted octanol–water partition coefficient (Wildman–Crippen LogP) is 4.39. The molecule has 0 unspecified atom stereocenters. The van der Waals surface area contributed by atoms with Crippen molar-refractivity contribution in [3.8, 4) is 0 Å². The Hall–Kier alpha value is -3.74. The van der Waals surface area contributed by atoms with Crippen LogP contribution in [0.2, 0.25) is 0 Å². The van der Waals surface area contributed by atoms with Crippen molar-refractivity contribution in [3.05, 3.63) is 83.6 Å². The summed E-state index contributed by atoms with van der Waals surface area (Å²) < 4.78 is 15.6.